The second kappa shape index (κ2) is 37.6. The van der Waals surface area contributed by atoms with E-state index in [0.717, 1.165) is 5.56 Å². The zero-order valence-corrected chi connectivity index (χ0v) is 58.2. The van der Waals surface area contributed by atoms with Crippen LogP contribution in [0.2, 0.25) is 0 Å². The second-order valence-corrected chi connectivity index (χ2v) is 28.6. The van der Waals surface area contributed by atoms with E-state index in [1.165, 1.54) is 12.1 Å². The van der Waals surface area contributed by atoms with E-state index in [0.29, 0.717) is 6.42 Å². The summed E-state index contributed by atoms with van der Waals surface area (Å²) in [6.45, 7) is -3.43. The lowest BCUT2D eigenvalue weighted by Crippen LogP contribution is -2.63. The zero-order valence-electron chi connectivity index (χ0n) is 58.2. The SMILES string of the molecule is CC1(C)C(=O)C(NC(=O)CN)NC1Cc1ccc(OC2OC(COC3OC(COC4OC(COC5OC(COC6OC(COC7OC(COC8OC(COC9OC(CO)C(O)C(O)C9O)C(O)C(O)C8O)C(O)C(O)C7O)C(O)C(O)C6O)C(O)C(O)C5O)C(O)C(O)C4O)C(O)C(O)C3O)C(O)C(O)C2O)cc1. The summed E-state index contributed by atoms with van der Waals surface area (Å²) in [6, 6.07) is 5.93. The third kappa shape index (κ3) is 19.5. The summed E-state index contributed by atoms with van der Waals surface area (Å²) in [5, 5.41) is 274. The van der Waals surface area contributed by atoms with Crippen molar-refractivity contribution in [3.8, 4) is 5.75 Å². The molecule has 46 heteroatoms. The number of nitrogens with two attached hydrogens (primary N) is 1. The van der Waals surface area contributed by atoms with Gasteiger partial charge >= 0.3 is 0 Å². The minimum Gasteiger partial charge on any atom is -0.462 e. The third-order valence-corrected chi connectivity index (χ3v) is 20.7. The standard InChI is InChI=1S/C63H101N3O43/c1-63(2)27(65-54(53(63)93)66-28(68)8-64)7-17-3-5-18(6-4-17)101-62-52(92)44(84)36(76)26(109-62)16-100-61-51(91)43(83)35(75)25(108-61)15-99-60-50(90)42(82)34(74)24(107-60)14-98-59-49(89)41(81)33(73)23(106-59)13-97-58-48(88)40(80)32(72)22(105-58)12-96-57-47(87)39(79)31(71)21(104-57)11-95-56-46(86)38(78)30(70)20(103-56)10-94-55-45(85)37(77)29(69)19(9-67)102-55/h3-6,19-27,29-52,54-62,65,67,69-92H,7-16,64H2,1-2H3,(H,66,68). The van der Waals surface area contributed by atoms with Crippen molar-refractivity contribution in [2.45, 2.75) is 278 Å². The maximum atomic E-state index is 13.1. The number of aliphatic hydroxyl groups is 25. The van der Waals surface area contributed by atoms with Gasteiger partial charge in [-0.15, -0.1) is 0 Å². The molecule has 1 aromatic carbocycles. The van der Waals surface area contributed by atoms with Crippen LogP contribution in [0.3, 0.4) is 0 Å². The quantitative estimate of drug-likeness (QED) is 0.0370. The van der Waals surface area contributed by atoms with Gasteiger partial charge in [-0.1, -0.05) is 26.0 Å². The topological polar surface area (TPSA) is 738 Å². The van der Waals surface area contributed by atoms with Gasteiger partial charge in [-0.3, -0.25) is 14.9 Å². The van der Waals surface area contributed by atoms with E-state index in [-0.39, 0.29) is 18.1 Å². The van der Waals surface area contributed by atoms with E-state index in [4.69, 9.17) is 81.5 Å². The first-order valence-electron chi connectivity index (χ1n) is 35.0. The summed E-state index contributed by atoms with van der Waals surface area (Å²) >= 11 is 0. The average molecular weight is 1590 g/mol. The molecule has 9 heterocycles. The molecule has 42 atom stereocenters. The molecule has 0 radical (unpaired) electrons. The van der Waals surface area contributed by atoms with Gasteiger partial charge in [0.1, 0.15) is 207 Å². The number of rotatable bonds is 28. The minimum atomic E-state index is -2.11. The Hall–Kier alpha value is -3.52. The van der Waals surface area contributed by atoms with Crippen LogP contribution in [0.15, 0.2) is 24.3 Å². The number of nitrogens with one attached hydrogen (secondary N) is 2. The third-order valence-electron chi connectivity index (χ3n) is 20.7. The normalized spacial score (nSPS) is 48.4. The molecule has 0 aromatic heterocycles. The van der Waals surface area contributed by atoms with Crippen molar-refractivity contribution < 1.29 is 213 Å². The number of aliphatic hydroxyl groups excluding tert-OH is 25. The van der Waals surface area contributed by atoms with Crippen molar-refractivity contribution in [2.24, 2.45) is 11.1 Å². The Morgan fingerprint density at radius 1 is 0.367 bits per heavy atom. The predicted octanol–water partition coefficient (Wildman–Crippen LogP) is -17.9. The number of hydrogen-bond donors (Lipinski definition) is 28. The molecule has 9 saturated heterocycles. The number of ether oxygens (including phenoxy) is 16. The summed E-state index contributed by atoms with van der Waals surface area (Å²) in [7, 11) is 0. The van der Waals surface area contributed by atoms with Gasteiger partial charge in [0.2, 0.25) is 12.2 Å². The van der Waals surface area contributed by atoms with Gasteiger partial charge in [0.25, 0.3) is 0 Å². The van der Waals surface area contributed by atoms with Crippen molar-refractivity contribution in [2.75, 3.05) is 59.4 Å². The maximum absolute atomic E-state index is 13.1. The monoisotopic (exact) mass is 1590 g/mol. The van der Waals surface area contributed by atoms with Crippen molar-refractivity contribution in [3.63, 3.8) is 0 Å². The fraction of sp³-hybridized carbons (Fsp3) is 0.873. The summed E-state index contributed by atoms with van der Waals surface area (Å²) < 4.78 is 89.9. The molecular weight excluding hydrogens is 1490 g/mol. The predicted molar refractivity (Wildman–Crippen MR) is 340 cm³/mol. The van der Waals surface area contributed by atoms with Gasteiger partial charge < -0.3 is 215 Å². The maximum Gasteiger partial charge on any atom is 0.235 e. The van der Waals surface area contributed by atoms with Crippen molar-refractivity contribution in [1.29, 1.82) is 0 Å². The van der Waals surface area contributed by atoms with Crippen LogP contribution in [0.25, 0.3) is 0 Å². The van der Waals surface area contributed by atoms with E-state index in [2.05, 4.69) is 10.6 Å². The largest absolute Gasteiger partial charge is 0.462 e. The summed E-state index contributed by atoms with van der Waals surface area (Å²) in [5.41, 5.74) is 5.25. The van der Waals surface area contributed by atoms with Crippen LogP contribution in [-0.2, 0) is 87.1 Å². The van der Waals surface area contributed by atoms with Crippen LogP contribution >= 0.6 is 0 Å². The molecule has 109 heavy (non-hydrogen) atoms. The van der Waals surface area contributed by atoms with Gasteiger partial charge in [-0.25, -0.2) is 0 Å². The number of hydrogen-bond acceptors (Lipinski definition) is 45. The Balaban J connectivity index is 0.680. The van der Waals surface area contributed by atoms with Crippen molar-refractivity contribution in [1.82, 2.24) is 10.6 Å². The Labute approximate surface area is 618 Å². The smallest absolute Gasteiger partial charge is 0.235 e. The summed E-state index contributed by atoms with van der Waals surface area (Å²) in [4.78, 5) is 25.0. The number of carbonyl (C=O) groups excluding carboxylic acids is 2. The molecule has 42 unspecified atom stereocenters. The Morgan fingerprint density at radius 3 is 0.844 bits per heavy atom. The molecule has 29 N–H and O–H groups in total. The fourth-order valence-electron chi connectivity index (χ4n) is 13.6. The Bertz CT molecular complexity index is 3020. The van der Waals surface area contributed by atoms with Crippen LogP contribution in [0, 0.1) is 5.41 Å². The molecule has 46 nitrogen and oxygen atoms in total. The number of carbonyl (C=O) groups is 2. The van der Waals surface area contributed by atoms with Crippen LogP contribution in [0.5, 0.6) is 5.75 Å². The van der Waals surface area contributed by atoms with Gasteiger partial charge in [0.15, 0.2) is 49.8 Å². The first-order valence-corrected chi connectivity index (χ1v) is 35.0. The molecule has 10 rings (SSSR count). The van der Waals surface area contributed by atoms with E-state index >= 15 is 0 Å². The lowest BCUT2D eigenvalue weighted by Gasteiger charge is -2.45. The van der Waals surface area contributed by atoms with Crippen LogP contribution in [0.4, 0.5) is 0 Å². The van der Waals surface area contributed by atoms with Crippen LogP contribution in [0.1, 0.15) is 19.4 Å². The molecular formula is C63H101N3O43. The first-order chi connectivity index (χ1) is 51.5. The highest BCUT2D eigenvalue weighted by molar-refractivity contribution is 5.95. The first kappa shape index (κ1) is 87.9. The van der Waals surface area contributed by atoms with E-state index < -0.39 is 322 Å². The lowest BCUT2D eigenvalue weighted by molar-refractivity contribution is -0.354. The zero-order chi connectivity index (χ0) is 79.7. The van der Waals surface area contributed by atoms with Crippen molar-refractivity contribution in [3.05, 3.63) is 29.8 Å². The molecule has 1 aromatic rings. The average Bonchev–Trinajstić information content (AvgIpc) is 1.64. The van der Waals surface area contributed by atoms with Gasteiger partial charge in [-0.05, 0) is 24.1 Å². The summed E-state index contributed by atoms with van der Waals surface area (Å²) in [6.07, 6.45) is -76.1. The van der Waals surface area contributed by atoms with Crippen LogP contribution < -0.4 is 21.1 Å². The highest BCUT2D eigenvalue weighted by atomic mass is 16.8. The number of benzene rings is 1. The Kier molecular flexibility index (Phi) is 30.3. The van der Waals surface area contributed by atoms with Gasteiger partial charge in [0.05, 0.1) is 59.4 Å². The summed E-state index contributed by atoms with van der Waals surface area (Å²) in [5.74, 6) is -0.633. The molecule has 0 aliphatic carbocycles. The Morgan fingerprint density at radius 2 is 0.596 bits per heavy atom. The molecule has 9 fully saturated rings. The van der Waals surface area contributed by atoms with E-state index in [9.17, 15) is 137 Å². The second-order valence-electron chi connectivity index (χ2n) is 28.6. The van der Waals surface area contributed by atoms with E-state index in [1.54, 1.807) is 26.0 Å². The molecule has 9 aliphatic rings. The number of amides is 1. The molecule has 0 bridgehead atoms. The lowest BCUT2D eigenvalue weighted by atomic mass is 9.80. The minimum absolute atomic E-state index is 0.123. The fourth-order valence-corrected chi connectivity index (χ4v) is 13.6. The molecule has 0 saturated carbocycles. The molecule has 1 amide bonds. The van der Waals surface area contributed by atoms with E-state index in [1.807, 2.05) is 0 Å². The van der Waals surface area contributed by atoms with Gasteiger partial charge in [0, 0.05) is 11.5 Å². The van der Waals surface area contributed by atoms with Crippen molar-refractivity contribution >= 4 is 11.7 Å². The number of ketones is 1. The van der Waals surface area contributed by atoms with Gasteiger partial charge in [-0.2, -0.15) is 0 Å². The highest BCUT2D eigenvalue weighted by Gasteiger charge is 2.56. The molecule has 9 aliphatic heterocycles. The molecule has 0 spiro atoms. The number of Topliss-reactive ketones (excluding diaryl/α,β-unsaturated/α-hetero) is 1. The molecule has 626 valence electrons. The van der Waals surface area contributed by atoms with Crippen LogP contribution in [-0.4, -0.2) is 457 Å². The highest BCUT2D eigenvalue weighted by Crippen LogP contribution is 2.36.